The summed E-state index contributed by atoms with van der Waals surface area (Å²) in [7, 11) is -1.49. The number of fused-ring (bicyclic) bond motifs is 1. The summed E-state index contributed by atoms with van der Waals surface area (Å²) in [5.41, 5.74) is 4.36. The Bertz CT molecular complexity index is 1140. The molecule has 0 saturated heterocycles. The summed E-state index contributed by atoms with van der Waals surface area (Å²) in [4.78, 5) is 16.9. The fourth-order valence-corrected chi connectivity index (χ4v) is 3.28. The van der Waals surface area contributed by atoms with E-state index in [1.165, 1.54) is 0 Å². The number of anilines is 1. The number of nitrogens with zero attached hydrogens (tertiary/aromatic N) is 3. The fraction of sp³-hybridized carbons (Fsp3) is 0.150. The van der Waals surface area contributed by atoms with E-state index in [0.29, 0.717) is 29.6 Å². The average Bonchev–Trinajstić information content (AvgIpc) is 3.02. The van der Waals surface area contributed by atoms with Crippen molar-refractivity contribution in [3.8, 4) is 11.4 Å². The van der Waals surface area contributed by atoms with Crippen molar-refractivity contribution in [1.29, 1.82) is 0 Å². The Morgan fingerprint density at radius 3 is 2.64 bits per heavy atom. The van der Waals surface area contributed by atoms with Crippen LogP contribution in [0.2, 0.25) is 0 Å². The monoisotopic (exact) mass is 373 g/mol. The Balaban J connectivity index is 1.64. The average molecular weight is 373 g/mol. The van der Waals surface area contributed by atoms with Crippen LogP contribution in [0.1, 0.15) is 17.1 Å². The van der Waals surface area contributed by atoms with Crippen LogP contribution in [-0.4, -0.2) is 37.1 Å². The molecule has 0 radical (unpaired) electrons. The largest absolute Gasteiger partial charge is 0.488 e. The van der Waals surface area contributed by atoms with E-state index < -0.39 is 7.12 Å². The van der Waals surface area contributed by atoms with E-state index in [2.05, 4.69) is 25.3 Å². The number of aromatic nitrogens is 4. The molecule has 7 nitrogen and oxygen atoms in total. The van der Waals surface area contributed by atoms with E-state index in [9.17, 15) is 10.0 Å². The molecule has 0 bridgehead atoms. The predicted molar refractivity (Wildman–Crippen MR) is 110 cm³/mol. The number of benzene rings is 2. The SMILES string of the molecule is Cc1nc(NCc2cccc(B(O)O)c2)nc(-c2c(C)[nH]c3ccccc23)n1. The standard InChI is InChI=1S/C20H20BN5O2/c1-12-18(16-8-3-4-9-17(16)23-12)19-24-13(2)25-20(26-19)22-11-14-6-5-7-15(10-14)21(27)28/h3-10,23,27-28H,11H2,1-2H3,(H,22,24,25,26). The highest BCUT2D eigenvalue weighted by Crippen LogP contribution is 2.30. The van der Waals surface area contributed by atoms with Gasteiger partial charge in [-0.05, 0) is 30.9 Å². The van der Waals surface area contributed by atoms with E-state index >= 15 is 0 Å². The van der Waals surface area contributed by atoms with Crippen LogP contribution in [-0.2, 0) is 6.54 Å². The lowest BCUT2D eigenvalue weighted by Crippen LogP contribution is -2.30. The van der Waals surface area contributed by atoms with Gasteiger partial charge < -0.3 is 20.3 Å². The van der Waals surface area contributed by atoms with Crippen LogP contribution in [0.5, 0.6) is 0 Å². The van der Waals surface area contributed by atoms with E-state index in [0.717, 1.165) is 27.7 Å². The lowest BCUT2D eigenvalue weighted by molar-refractivity contribution is 0.425. The topological polar surface area (TPSA) is 107 Å². The molecule has 0 aliphatic carbocycles. The molecule has 0 saturated carbocycles. The second-order valence-electron chi connectivity index (χ2n) is 6.67. The van der Waals surface area contributed by atoms with Crippen molar-refractivity contribution in [2.45, 2.75) is 20.4 Å². The van der Waals surface area contributed by atoms with E-state index in [-0.39, 0.29) is 0 Å². The van der Waals surface area contributed by atoms with Gasteiger partial charge in [0, 0.05) is 28.7 Å². The molecule has 8 heteroatoms. The van der Waals surface area contributed by atoms with E-state index in [1.807, 2.05) is 44.2 Å². The highest BCUT2D eigenvalue weighted by Gasteiger charge is 2.15. The molecule has 4 N–H and O–H groups in total. The first-order chi connectivity index (χ1) is 13.5. The third-order valence-electron chi connectivity index (χ3n) is 4.56. The van der Waals surface area contributed by atoms with Crippen molar-refractivity contribution in [3.63, 3.8) is 0 Å². The van der Waals surface area contributed by atoms with Crippen LogP contribution in [0.3, 0.4) is 0 Å². The third-order valence-corrected chi connectivity index (χ3v) is 4.56. The summed E-state index contributed by atoms with van der Waals surface area (Å²) in [5, 5.41) is 22.9. The zero-order valence-electron chi connectivity index (χ0n) is 15.6. The summed E-state index contributed by atoms with van der Waals surface area (Å²) in [6.45, 7) is 4.30. The number of aryl methyl sites for hydroxylation is 2. The molecular weight excluding hydrogens is 353 g/mol. The Hall–Kier alpha value is -3.23. The number of nitrogens with one attached hydrogen (secondary N) is 2. The molecule has 0 spiro atoms. The van der Waals surface area contributed by atoms with Gasteiger partial charge in [0.25, 0.3) is 0 Å². The molecule has 2 aromatic carbocycles. The van der Waals surface area contributed by atoms with Crippen molar-refractivity contribution in [3.05, 3.63) is 65.6 Å². The maximum Gasteiger partial charge on any atom is 0.488 e. The van der Waals surface area contributed by atoms with Crippen LogP contribution < -0.4 is 10.8 Å². The smallest absolute Gasteiger partial charge is 0.423 e. The molecule has 0 amide bonds. The van der Waals surface area contributed by atoms with Gasteiger partial charge in [0.15, 0.2) is 5.82 Å². The van der Waals surface area contributed by atoms with Gasteiger partial charge in [-0.25, -0.2) is 4.98 Å². The molecule has 0 aliphatic heterocycles. The van der Waals surface area contributed by atoms with Crippen molar-refractivity contribution < 1.29 is 10.0 Å². The van der Waals surface area contributed by atoms with Crippen LogP contribution in [0.15, 0.2) is 48.5 Å². The first-order valence-electron chi connectivity index (χ1n) is 9.00. The van der Waals surface area contributed by atoms with Crippen molar-refractivity contribution in [2.24, 2.45) is 0 Å². The molecule has 0 fully saturated rings. The summed E-state index contributed by atoms with van der Waals surface area (Å²) in [6, 6.07) is 15.1. The molecule has 28 heavy (non-hydrogen) atoms. The highest BCUT2D eigenvalue weighted by molar-refractivity contribution is 6.58. The Labute approximate surface area is 162 Å². The van der Waals surface area contributed by atoms with Gasteiger partial charge in [0.2, 0.25) is 5.95 Å². The van der Waals surface area contributed by atoms with Crippen LogP contribution in [0, 0.1) is 13.8 Å². The van der Waals surface area contributed by atoms with Crippen LogP contribution in [0.25, 0.3) is 22.3 Å². The number of hydrogen-bond donors (Lipinski definition) is 4. The van der Waals surface area contributed by atoms with Gasteiger partial charge in [-0.3, -0.25) is 0 Å². The van der Waals surface area contributed by atoms with Crippen molar-refractivity contribution in [1.82, 2.24) is 19.9 Å². The summed E-state index contributed by atoms with van der Waals surface area (Å²) in [6.07, 6.45) is 0. The second kappa shape index (κ2) is 7.42. The normalized spacial score (nSPS) is 11.0. The summed E-state index contributed by atoms with van der Waals surface area (Å²) in [5.74, 6) is 1.71. The number of rotatable bonds is 5. The fourth-order valence-electron chi connectivity index (χ4n) is 3.28. The van der Waals surface area contributed by atoms with Crippen molar-refractivity contribution in [2.75, 3.05) is 5.32 Å². The molecule has 0 atom stereocenters. The predicted octanol–water partition coefficient (Wildman–Crippen LogP) is 1.93. The van der Waals surface area contributed by atoms with Crippen LogP contribution >= 0.6 is 0 Å². The van der Waals surface area contributed by atoms with Gasteiger partial charge in [-0.1, -0.05) is 42.5 Å². The van der Waals surface area contributed by atoms with E-state index in [1.54, 1.807) is 18.2 Å². The lowest BCUT2D eigenvalue weighted by atomic mass is 9.80. The van der Waals surface area contributed by atoms with Gasteiger partial charge in [0.1, 0.15) is 5.82 Å². The molecule has 0 unspecified atom stereocenters. The third kappa shape index (κ3) is 3.60. The molecule has 2 heterocycles. The first-order valence-corrected chi connectivity index (χ1v) is 9.00. The number of para-hydroxylation sites is 1. The zero-order chi connectivity index (χ0) is 19.7. The van der Waals surface area contributed by atoms with E-state index in [4.69, 9.17) is 0 Å². The van der Waals surface area contributed by atoms with Crippen molar-refractivity contribution >= 4 is 29.4 Å². The molecule has 4 rings (SSSR count). The number of H-pyrrole nitrogens is 1. The Morgan fingerprint density at radius 1 is 1.00 bits per heavy atom. The molecule has 4 aromatic rings. The van der Waals surface area contributed by atoms with Gasteiger partial charge >= 0.3 is 7.12 Å². The summed E-state index contributed by atoms with van der Waals surface area (Å²) >= 11 is 0. The maximum absolute atomic E-state index is 9.32. The Morgan fingerprint density at radius 2 is 1.82 bits per heavy atom. The molecular formula is C20H20BN5O2. The number of hydrogen-bond acceptors (Lipinski definition) is 6. The quantitative estimate of drug-likeness (QED) is 0.398. The second-order valence-corrected chi connectivity index (χ2v) is 6.67. The molecule has 2 aromatic heterocycles. The van der Waals surface area contributed by atoms with Gasteiger partial charge in [-0.2, -0.15) is 9.97 Å². The zero-order valence-corrected chi connectivity index (χ0v) is 15.6. The van der Waals surface area contributed by atoms with Gasteiger partial charge in [-0.15, -0.1) is 0 Å². The molecule has 140 valence electrons. The van der Waals surface area contributed by atoms with Crippen LogP contribution in [0.4, 0.5) is 5.95 Å². The maximum atomic E-state index is 9.32. The number of aromatic amines is 1. The lowest BCUT2D eigenvalue weighted by Gasteiger charge is -2.09. The Kier molecular flexibility index (Phi) is 4.81. The first kappa shape index (κ1) is 18.2. The minimum absolute atomic E-state index is 0.446. The highest BCUT2D eigenvalue weighted by atomic mass is 16.4. The minimum Gasteiger partial charge on any atom is -0.423 e. The minimum atomic E-state index is -1.49. The summed E-state index contributed by atoms with van der Waals surface area (Å²) < 4.78 is 0. The molecule has 0 aliphatic rings. The van der Waals surface area contributed by atoms with Gasteiger partial charge in [0.05, 0.1) is 0 Å².